The van der Waals surface area contributed by atoms with E-state index < -0.39 is 0 Å². The van der Waals surface area contributed by atoms with Crippen LogP contribution in [0.1, 0.15) is 35.7 Å². The lowest BCUT2D eigenvalue weighted by Gasteiger charge is -2.25. The molecule has 3 rings (SSSR count). The van der Waals surface area contributed by atoms with Crippen molar-refractivity contribution in [3.05, 3.63) is 52.1 Å². The molecule has 0 spiro atoms. The summed E-state index contributed by atoms with van der Waals surface area (Å²) in [6, 6.07) is 6.33. The molecular formula is C17H19ClFN3O. The number of nitrogens with zero attached hydrogens (tertiary/aromatic N) is 3. The highest BCUT2D eigenvalue weighted by atomic mass is 35.5. The molecule has 1 aliphatic rings. The van der Waals surface area contributed by atoms with Crippen LogP contribution in [-0.4, -0.2) is 27.1 Å². The van der Waals surface area contributed by atoms with Crippen molar-refractivity contribution in [2.45, 2.75) is 32.2 Å². The Labute approximate surface area is 139 Å². The Kier molecular flexibility index (Phi) is 4.39. The van der Waals surface area contributed by atoms with Crippen LogP contribution in [0.2, 0.25) is 5.15 Å². The number of aromatic nitrogens is 2. The van der Waals surface area contributed by atoms with Gasteiger partial charge in [-0.15, -0.1) is 0 Å². The summed E-state index contributed by atoms with van der Waals surface area (Å²) in [5.41, 5.74) is 2.18. The largest absolute Gasteiger partial charge is 0.335 e. The summed E-state index contributed by atoms with van der Waals surface area (Å²) < 4.78 is 15.4. The molecule has 1 amide bonds. The van der Waals surface area contributed by atoms with Crippen molar-refractivity contribution in [1.29, 1.82) is 0 Å². The molecule has 1 aliphatic heterocycles. The zero-order valence-electron chi connectivity index (χ0n) is 13.2. The number of carbonyl (C=O) groups is 1. The number of hydrogen-bond acceptors (Lipinski definition) is 2. The van der Waals surface area contributed by atoms with Crippen molar-refractivity contribution in [2.24, 2.45) is 7.05 Å². The summed E-state index contributed by atoms with van der Waals surface area (Å²) >= 11 is 6.35. The third-order valence-electron chi connectivity index (χ3n) is 4.40. The molecule has 23 heavy (non-hydrogen) atoms. The van der Waals surface area contributed by atoms with Gasteiger partial charge in [-0.2, -0.15) is 5.10 Å². The molecule has 4 nitrogen and oxygen atoms in total. The van der Waals surface area contributed by atoms with Gasteiger partial charge in [0, 0.05) is 19.2 Å². The van der Waals surface area contributed by atoms with Gasteiger partial charge >= 0.3 is 0 Å². The summed E-state index contributed by atoms with van der Waals surface area (Å²) in [7, 11) is 1.79. The first kappa shape index (κ1) is 16.0. The first-order valence-electron chi connectivity index (χ1n) is 7.71. The molecule has 122 valence electrons. The van der Waals surface area contributed by atoms with Gasteiger partial charge in [0.2, 0.25) is 5.91 Å². The van der Waals surface area contributed by atoms with Crippen molar-refractivity contribution in [1.82, 2.24) is 14.7 Å². The van der Waals surface area contributed by atoms with Gasteiger partial charge in [0.15, 0.2) is 0 Å². The second-order valence-electron chi connectivity index (χ2n) is 5.93. The third-order valence-corrected chi connectivity index (χ3v) is 4.85. The molecular weight excluding hydrogens is 317 g/mol. The van der Waals surface area contributed by atoms with Crippen LogP contribution in [0, 0.1) is 12.7 Å². The number of benzene rings is 1. The predicted octanol–water partition coefficient (Wildman–Crippen LogP) is 3.43. The zero-order valence-corrected chi connectivity index (χ0v) is 14.0. The van der Waals surface area contributed by atoms with Crippen LogP contribution in [0.5, 0.6) is 0 Å². The van der Waals surface area contributed by atoms with Gasteiger partial charge in [-0.1, -0.05) is 29.8 Å². The molecule has 6 heteroatoms. The summed E-state index contributed by atoms with van der Waals surface area (Å²) in [5, 5.41) is 4.90. The first-order chi connectivity index (χ1) is 11.0. The van der Waals surface area contributed by atoms with E-state index in [1.54, 1.807) is 29.9 Å². The summed E-state index contributed by atoms with van der Waals surface area (Å²) in [6.07, 6.45) is 1.84. The Morgan fingerprint density at radius 1 is 1.43 bits per heavy atom. The van der Waals surface area contributed by atoms with Gasteiger partial charge in [0.1, 0.15) is 11.0 Å². The van der Waals surface area contributed by atoms with Crippen molar-refractivity contribution < 1.29 is 9.18 Å². The van der Waals surface area contributed by atoms with Gasteiger partial charge in [-0.3, -0.25) is 9.48 Å². The Hall–Kier alpha value is -1.88. The van der Waals surface area contributed by atoms with E-state index >= 15 is 0 Å². The van der Waals surface area contributed by atoms with Gasteiger partial charge in [-0.05, 0) is 31.4 Å². The summed E-state index contributed by atoms with van der Waals surface area (Å²) in [4.78, 5) is 14.5. The number of halogens is 2. The Bertz CT molecular complexity index is 743. The van der Waals surface area contributed by atoms with Crippen molar-refractivity contribution >= 4 is 17.5 Å². The van der Waals surface area contributed by atoms with Gasteiger partial charge in [0.25, 0.3) is 0 Å². The normalized spacial score (nSPS) is 17.7. The first-order valence-corrected chi connectivity index (χ1v) is 8.08. The van der Waals surface area contributed by atoms with E-state index in [-0.39, 0.29) is 24.2 Å². The standard InChI is InChI=1S/C17H19ClFN3O/c1-11-16(17(18)21(2)20-11)14-8-5-9-22(14)15(23)10-12-6-3-4-7-13(12)19/h3-4,6-7,14H,5,8-10H2,1-2H3/t14-/m0/s1. The lowest BCUT2D eigenvalue weighted by atomic mass is 10.0. The topological polar surface area (TPSA) is 38.1 Å². The predicted molar refractivity (Wildman–Crippen MR) is 86.7 cm³/mol. The van der Waals surface area contributed by atoms with Gasteiger partial charge < -0.3 is 4.90 Å². The molecule has 1 atom stereocenters. The fourth-order valence-corrected chi connectivity index (χ4v) is 3.60. The fourth-order valence-electron chi connectivity index (χ4n) is 3.30. The van der Waals surface area contributed by atoms with E-state index in [1.165, 1.54) is 6.07 Å². The van der Waals surface area contributed by atoms with E-state index in [9.17, 15) is 9.18 Å². The maximum Gasteiger partial charge on any atom is 0.227 e. The van der Waals surface area contributed by atoms with Crippen LogP contribution in [0.15, 0.2) is 24.3 Å². The summed E-state index contributed by atoms with van der Waals surface area (Å²) in [6.45, 7) is 2.57. The molecule has 0 bridgehead atoms. The molecule has 0 N–H and O–H groups in total. The second-order valence-corrected chi connectivity index (χ2v) is 6.28. The van der Waals surface area contributed by atoms with Crippen molar-refractivity contribution in [3.8, 4) is 0 Å². The van der Waals surface area contributed by atoms with Crippen LogP contribution in [-0.2, 0) is 18.3 Å². The van der Waals surface area contributed by atoms with E-state index in [0.29, 0.717) is 17.3 Å². The lowest BCUT2D eigenvalue weighted by molar-refractivity contribution is -0.131. The molecule has 0 radical (unpaired) electrons. The molecule has 0 saturated carbocycles. The highest BCUT2D eigenvalue weighted by molar-refractivity contribution is 6.30. The molecule has 1 aromatic heterocycles. The maximum atomic E-state index is 13.8. The number of carbonyl (C=O) groups excluding carboxylic acids is 1. The lowest BCUT2D eigenvalue weighted by Crippen LogP contribution is -2.32. The molecule has 1 aromatic carbocycles. The quantitative estimate of drug-likeness (QED) is 0.862. The van der Waals surface area contributed by atoms with E-state index in [4.69, 9.17) is 11.6 Å². The fraction of sp³-hybridized carbons (Fsp3) is 0.412. The average molecular weight is 336 g/mol. The minimum absolute atomic E-state index is 0.0695. The molecule has 0 unspecified atom stereocenters. The number of amides is 1. The number of rotatable bonds is 3. The Morgan fingerprint density at radius 3 is 2.83 bits per heavy atom. The Morgan fingerprint density at radius 2 is 2.17 bits per heavy atom. The third kappa shape index (κ3) is 2.98. The number of hydrogen-bond donors (Lipinski definition) is 0. The van der Waals surface area contributed by atoms with Crippen LogP contribution < -0.4 is 0 Å². The van der Waals surface area contributed by atoms with Crippen LogP contribution >= 0.6 is 11.6 Å². The minimum Gasteiger partial charge on any atom is -0.335 e. The number of likely N-dealkylation sites (tertiary alicyclic amines) is 1. The van der Waals surface area contributed by atoms with Gasteiger partial charge in [0.05, 0.1) is 18.2 Å². The van der Waals surface area contributed by atoms with E-state index in [0.717, 1.165) is 24.1 Å². The Balaban J connectivity index is 1.84. The molecule has 1 saturated heterocycles. The van der Waals surface area contributed by atoms with Crippen molar-refractivity contribution in [2.75, 3.05) is 6.54 Å². The smallest absolute Gasteiger partial charge is 0.227 e. The SMILES string of the molecule is Cc1nn(C)c(Cl)c1[C@@H]1CCCN1C(=O)Cc1ccccc1F. The molecule has 2 heterocycles. The highest BCUT2D eigenvalue weighted by Crippen LogP contribution is 2.37. The molecule has 0 aliphatic carbocycles. The monoisotopic (exact) mass is 335 g/mol. The second kappa shape index (κ2) is 6.32. The van der Waals surface area contributed by atoms with Gasteiger partial charge in [-0.25, -0.2) is 4.39 Å². The van der Waals surface area contributed by atoms with E-state index in [1.807, 2.05) is 11.8 Å². The molecule has 2 aromatic rings. The number of aryl methyl sites for hydroxylation is 2. The molecule has 1 fully saturated rings. The van der Waals surface area contributed by atoms with E-state index in [2.05, 4.69) is 5.10 Å². The zero-order chi connectivity index (χ0) is 16.6. The van der Waals surface area contributed by atoms with Crippen LogP contribution in [0.25, 0.3) is 0 Å². The minimum atomic E-state index is -0.341. The maximum absolute atomic E-state index is 13.8. The van der Waals surface area contributed by atoms with Crippen LogP contribution in [0.3, 0.4) is 0 Å². The highest BCUT2D eigenvalue weighted by Gasteiger charge is 2.34. The average Bonchev–Trinajstić information content (AvgIpc) is 3.07. The van der Waals surface area contributed by atoms with Crippen molar-refractivity contribution in [3.63, 3.8) is 0 Å². The van der Waals surface area contributed by atoms with Crippen LogP contribution in [0.4, 0.5) is 4.39 Å². The summed E-state index contributed by atoms with van der Waals surface area (Å²) in [5.74, 6) is -0.413.